The Labute approximate surface area is 251 Å². The van der Waals surface area contributed by atoms with Gasteiger partial charge < -0.3 is 36.0 Å². The van der Waals surface area contributed by atoms with E-state index < -0.39 is 34.3 Å². The van der Waals surface area contributed by atoms with Gasteiger partial charge in [-0.05, 0) is 48.4 Å². The molecule has 7 N–H and O–H groups in total. The van der Waals surface area contributed by atoms with Gasteiger partial charge in [0.1, 0.15) is 18.5 Å². The van der Waals surface area contributed by atoms with Crippen molar-refractivity contribution in [1.82, 2.24) is 5.32 Å². The fraction of sp³-hybridized carbons (Fsp3) is 0.286. The lowest BCUT2D eigenvalue weighted by Crippen LogP contribution is -2.41. The van der Waals surface area contributed by atoms with Crippen LogP contribution in [-0.2, 0) is 21.2 Å². The van der Waals surface area contributed by atoms with Gasteiger partial charge in [-0.1, -0.05) is 42.5 Å². The number of hydrogen-bond donors (Lipinski definition) is 7. The molecule has 2 amide bonds. The predicted octanol–water partition coefficient (Wildman–Crippen LogP) is 3.27. The molecule has 0 radical (unpaired) electrons. The van der Waals surface area contributed by atoms with E-state index in [4.69, 9.17) is 14.6 Å². The van der Waals surface area contributed by atoms with Gasteiger partial charge in [-0.2, -0.15) is 13.2 Å². The lowest BCUT2D eigenvalue weighted by atomic mass is 10.1. The monoisotopic (exact) mass is 642 g/mol. The first-order valence-corrected chi connectivity index (χ1v) is 14.8. The third kappa shape index (κ3) is 14.2. The molecule has 3 rings (SSSR count). The van der Waals surface area contributed by atoms with Gasteiger partial charge in [0.15, 0.2) is 0 Å². The number of ether oxygens (including phenoxy) is 1. The molecular weight excluding hydrogens is 609 g/mol. The molecule has 12 nitrogen and oxygen atoms in total. The Bertz CT molecular complexity index is 1440. The number of aliphatic hydroxyl groups is 2. The normalized spacial score (nSPS) is 12.6. The van der Waals surface area contributed by atoms with Gasteiger partial charge in [0.2, 0.25) is 10.0 Å². The number of alkyl halides is 3. The highest BCUT2D eigenvalue weighted by Gasteiger charge is 2.38. The first kappa shape index (κ1) is 35.8. The number of aliphatic carboxylic acids is 1. The van der Waals surface area contributed by atoms with E-state index in [-0.39, 0.29) is 31.5 Å². The highest BCUT2D eigenvalue weighted by Crippen LogP contribution is 2.22. The van der Waals surface area contributed by atoms with Crippen LogP contribution in [0.2, 0.25) is 0 Å². The summed E-state index contributed by atoms with van der Waals surface area (Å²) in [5.41, 5.74) is 2.04. The number of para-hydroxylation sites is 3. The predicted molar refractivity (Wildman–Crippen MR) is 158 cm³/mol. The minimum absolute atomic E-state index is 0.115. The van der Waals surface area contributed by atoms with Crippen molar-refractivity contribution in [3.8, 4) is 5.75 Å². The number of nitrogens with one attached hydrogen (secondary N) is 4. The molecule has 3 aromatic carbocycles. The lowest BCUT2D eigenvalue weighted by molar-refractivity contribution is -0.192. The van der Waals surface area contributed by atoms with Crippen molar-refractivity contribution in [1.29, 1.82) is 0 Å². The van der Waals surface area contributed by atoms with Crippen LogP contribution in [-0.4, -0.2) is 80.1 Å². The summed E-state index contributed by atoms with van der Waals surface area (Å²) in [5.74, 6) is -2.08. The van der Waals surface area contributed by atoms with Crippen molar-refractivity contribution >= 4 is 39.1 Å². The number of benzene rings is 3. The van der Waals surface area contributed by atoms with E-state index in [1.165, 1.54) is 0 Å². The van der Waals surface area contributed by atoms with E-state index in [0.29, 0.717) is 23.5 Å². The van der Waals surface area contributed by atoms with Crippen LogP contribution in [0.5, 0.6) is 5.75 Å². The smallest absolute Gasteiger partial charge is 0.490 e. The van der Waals surface area contributed by atoms with Gasteiger partial charge in [-0.15, -0.1) is 0 Å². The molecule has 0 aliphatic carbocycles. The molecule has 2 atom stereocenters. The van der Waals surface area contributed by atoms with Gasteiger partial charge in [-0.25, -0.2) is 18.0 Å². The quantitative estimate of drug-likeness (QED) is 0.147. The molecular formula is C28H33F3N4O8S. The number of halogens is 3. The molecule has 16 heteroatoms. The second-order valence-corrected chi connectivity index (χ2v) is 11.0. The van der Waals surface area contributed by atoms with Crippen molar-refractivity contribution < 1.29 is 51.2 Å². The van der Waals surface area contributed by atoms with Crippen LogP contribution < -0.4 is 25.4 Å². The molecule has 0 spiro atoms. The summed E-state index contributed by atoms with van der Waals surface area (Å²) in [6.07, 6.45) is -4.28. The second kappa shape index (κ2) is 17.0. The second-order valence-electron chi connectivity index (χ2n) is 9.27. The van der Waals surface area contributed by atoms with Crippen LogP contribution in [0.1, 0.15) is 5.56 Å². The van der Waals surface area contributed by atoms with Gasteiger partial charge in [0.25, 0.3) is 0 Å². The Hall–Kier alpha value is -4.38. The molecule has 0 saturated carbocycles. The molecule has 0 saturated heterocycles. The third-order valence-electron chi connectivity index (χ3n) is 5.46. The fourth-order valence-corrected chi connectivity index (χ4v) is 4.02. The van der Waals surface area contributed by atoms with Crippen LogP contribution in [0.25, 0.3) is 0 Å². The van der Waals surface area contributed by atoms with Crippen LogP contribution in [0.4, 0.5) is 35.0 Å². The van der Waals surface area contributed by atoms with E-state index >= 15 is 0 Å². The summed E-state index contributed by atoms with van der Waals surface area (Å²) in [7, 11) is -3.50. The maximum atomic E-state index is 12.4. The number of sulfonamides is 1. The van der Waals surface area contributed by atoms with Gasteiger partial charge >= 0.3 is 18.2 Å². The minimum Gasteiger partial charge on any atom is -0.491 e. The number of carboxylic acid groups (broad SMARTS) is 1. The Balaban J connectivity index is 0.000000860. The number of aliphatic hydroxyl groups excluding tert-OH is 2. The number of urea groups is 1. The van der Waals surface area contributed by atoms with Crippen LogP contribution in [0.3, 0.4) is 0 Å². The molecule has 0 unspecified atom stereocenters. The van der Waals surface area contributed by atoms with Gasteiger partial charge in [0, 0.05) is 18.3 Å². The number of carbonyl (C=O) groups excluding carboxylic acids is 1. The molecule has 0 aliphatic heterocycles. The third-order valence-corrected chi connectivity index (χ3v) is 6.05. The van der Waals surface area contributed by atoms with Crippen LogP contribution >= 0.6 is 0 Å². The van der Waals surface area contributed by atoms with Crippen LogP contribution in [0, 0.1) is 0 Å². The van der Waals surface area contributed by atoms with Crippen molar-refractivity contribution in [2.24, 2.45) is 0 Å². The number of amides is 2. The Morgan fingerprint density at radius 3 is 2.02 bits per heavy atom. The first-order chi connectivity index (χ1) is 20.7. The summed E-state index contributed by atoms with van der Waals surface area (Å²) in [5, 5.41) is 35.5. The number of carboxylic acids is 1. The van der Waals surface area contributed by atoms with Crippen molar-refractivity contribution in [2.75, 3.05) is 41.4 Å². The summed E-state index contributed by atoms with van der Waals surface area (Å²) < 4.78 is 62.7. The summed E-state index contributed by atoms with van der Waals surface area (Å²) in [6, 6.07) is 22.0. The SMILES string of the molecule is CS(=O)(=O)Nc1ccccc1NC(=O)Nc1ccc(C[C@@H](CO)NC[C@H](O)COc2ccccc2)cc1.O=C(O)C(F)(F)F. The summed E-state index contributed by atoms with van der Waals surface area (Å²) >= 11 is 0. The first-order valence-electron chi connectivity index (χ1n) is 12.9. The lowest BCUT2D eigenvalue weighted by Gasteiger charge is -2.19. The molecule has 0 aromatic heterocycles. The van der Waals surface area contributed by atoms with E-state index in [2.05, 4.69) is 20.7 Å². The maximum Gasteiger partial charge on any atom is 0.490 e. The fourth-order valence-electron chi connectivity index (χ4n) is 3.45. The number of carbonyl (C=O) groups is 2. The van der Waals surface area contributed by atoms with E-state index in [0.717, 1.165) is 11.8 Å². The van der Waals surface area contributed by atoms with Crippen molar-refractivity contribution in [3.05, 3.63) is 84.4 Å². The highest BCUT2D eigenvalue weighted by atomic mass is 32.2. The Kier molecular flexibility index (Phi) is 13.9. The number of hydrogen-bond acceptors (Lipinski definition) is 8. The molecule has 0 bridgehead atoms. The molecule has 0 fully saturated rings. The largest absolute Gasteiger partial charge is 0.491 e. The van der Waals surface area contributed by atoms with Gasteiger partial charge in [0.05, 0.1) is 24.2 Å². The average Bonchev–Trinajstić information content (AvgIpc) is 2.95. The topological polar surface area (TPSA) is 186 Å². The Morgan fingerprint density at radius 1 is 0.909 bits per heavy atom. The molecule has 3 aromatic rings. The summed E-state index contributed by atoms with van der Waals surface area (Å²) in [6.45, 7) is 0.273. The standard InChI is InChI=1S/C26H32N4O6S.C2HF3O2/c1-37(34,35)30-25-10-6-5-9-24(25)29-26(33)28-20-13-11-19(12-14-20)15-21(17-31)27-16-22(32)18-36-23-7-3-2-4-8-23;3-2(4,5)1(6)7/h2-14,21-22,27,30-32H,15-18H2,1H3,(H2,28,29,33);(H,6,7)/t21-,22-;/m0./s1. The number of anilines is 3. The molecule has 240 valence electrons. The summed E-state index contributed by atoms with van der Waals surface area (Å²) in [4.78, 5) is 21.3. The molecule has 44 heavy (non-hydrogen) atoms. The maximum absolute atomic E-state index is 12.4. The van der Waals surface area contributed by atoms with Crippen molar-refractivity contribution in [2.45, 2.75) is 24.7 Å². The van der Waals surface area contributed by atoms with E-state index in [1.54, 1.807) is 36.4 Å². The Morgan fingerprint density at radius 2 is 1.48 bits per heavy atom. The minimum atomic E-state index is -5.08. The zero-order chi connectivity index (χ0) is 32.8. The highest BCUT2D eigenvalue weighted by molar-refractivity contribution is 7.92. The van der Waals surface area contributed by atoms with E-state index in [9.17, 15) is 36.6 Å². The zero-order valence-electron chi connectivity index (χ0n) is 23.4. The molecule has 0 heterocycles. The van der Waals surface area contributed by atoms with E-state index in [1.807, 2.05) is 42.5 Å². The van der Waals surface area contributed by atoms with Gasteiger partial charge in [-0.3, -0.25) is 4.72 Å². The van der Waals surface area contributed by atoms with Crippen LogP contribution in [0.15, 0.2) is 78.9 Å². The zero-order valence-corrected chi connectivity index (χ0v) is 24.2. The van der Waals surface area contributed by atoms with Crippen molar-refractivity contribution in [3.63, 3.8) is 0 Å². The molecule has 0 aliphatic rings. The average molecular weight is 643 g/mol. The number of rotatable bonds is 13.